The number of benzene rings is 1. The van der Waals surface area contributed by atoms with E-state index in [-0.39, 0.29) is 0 Å². The summed E-state index contributed by atoms with van der Waals surface area (Å²) in [4.78, 5) is 49.9. The fraction of sp³-hybridized carbons (Fsp3) is 0.333. The van der Waals surface area contributed by atoms with Gasteiger partial charge in [0, 0.05) is 12.2 Å². The number of anilines is 1. The largest absolute Gasteiger partial charge is 0.338 e. The maximum atomic E-state index is 12.4. The molecule has 23 heavy (non-hydrogen) atoms. The number of amides is 6. The van der Waals surface area contributed by atoms with Crippen LogP contribution in [0.25, 0.3) is 0 Å². The highest BCUT2D eigenvalue weighted by Gasteiger charge is 2.44. The highest BCUT2D eigenvalue weighted by molar-refractivity contribution is 6.15. The van der Waals surface area contributed by atoms with E-state index < -0.39 is 36.5 Å². The average Bonchev–Trinajstić information content (AvgIpc) is 2.72. The molecule has 0 saturated carbocycles. The number of para-hydroxylation sites is 1. The lowest BCUT2D eigenvalue weighted by Crippen LogP contribution is -2.46. The summed E-state index contributed by atoms with van der Waals surface area (Å²) in [5.74, 6) is -1.20. The van der Waals surface area contributed by atoms with E-state index in [0.29, 0.717) is 12.2 Å². The Morgan fingerprint density at radius 1 is 1.17 bits per heavy atom. The number of carbonyl (C=O) groups is 4. The zero-order valence-electron chi connectivity index (χ0n) is 12.9. The number of hydrogen-bond acceptors (Lipinski definition) is 4. The van der Waals surface area contributed by atoms with Crippen LogP contribution in [0.3, 0.4) is 0 Å². The maximum Gasteiger partial charge on any atom is 0.332 e. The Labute approximate surface area is 133 Å². The molecule has 0 aliphatic carbocycles. The summed E-state index contributed by atoms with van der Waals surface area (Å²) < 4.78 is 0. The van der Waals surface area contributed by atoms with E-state index in [1.54, 1.807) is 44.2 Å². The van der Waals surface area contributed by atoms with Gasteiger partial charge in [0.25, 0.3) is 5.91 Å². The SMILES string of the molecule is CCNC(=O)NC(=O)CN1C(=O)[C@@H](C)N(c2ccccc2)C1=O. The van der Waals surface area contributed by atoms with Crippen molar-refractivity contribution in [3.63, 3.8) is 0 Å². The minimum absolute atomic E-state index is 0.361. The number of nitrogens with zero attached hydrogens (tertiary/aromatic N) is 2. The third kappa shape index (κ3) is 3.47. The molecule has 8 nitrogen and oxygen atoms in total. The molecule has 2 rings (SSSR count). The molecule has 1 fully saturated rings. The van der Waals surface area contributed by atoms with Gasteiger partial charge in [-0.2, -0.15) is 0 Å². The van der Waals surface area contributed by atoms with Crippen LogP contribution in [-0.4, -0.2) is 47.9 Å². The smallest absolute Gasteiger partial charge is 0.332 e. The summed E-state index contributed by atoms with van der Waals surface area (Å²) in [6.07, 6.45) is 0. The Bertz CT molecular complexity index is 632. The van der Waals surface area contributed by atoms with Crippen LogP contribution in [0.15, 0.2) is 30.3 Å². The predicted octanol–water partition coefficient (Wildman–Crippen LogP) is 0.689. The Kier molecular flexibility index (Phi) is 4.95. The predicted molar refractivity (Wildman–Crippen MR) is 82.7 cm³/mol. The average molecular weight is 318 g/mol. The van der Waals surface area contributed by atoms with Crippen molar-refractivity contribution >= 4 is 29.6 Å². The Morgan fingerprint density at radius 3 is 2.43 bits per heavy atom. The summed E-state index contributed by atoms with van der Waals surface area (Å²) in [7, 11) is 0. The maximum absolute atomic E-state index is 12.4. The fourth-order valence-corrected chi connectivity index (χ4v) is 2.31. The minimum atomic E-state index is -0.722. The summed E-state index contributed by atoms with van der Waals surface area (Å²) in [5, 5.41) is 4.46. The molecule has 1 heterocycles. The number of hydrogen-bond donors (Lipinski definition) is 2. The van der Waals surface area contributed by atoms with Gasteiger partial charge in [-0.1, -0.05) is 18.2 Å². The quantitative estimate of drug-likeness (QED) is 0.798. The summed E-state index contributed by atoms with van der Waals surface area (Å²) in [6.45, 7) is 3.16. The zero-order valence-corrected chi connectivity index (χ0v) is 12.9. The van der Waals surface area contributed by atoms with Crippen LogP contribution >= 0.6 is 0 Å². The van der Waals surface area contributed by atoms with Gasteiger partial charge in [0.05, 0.1) is 0 Å². The van der Waals surface area contributed by atoms with Crippen molar-refractivity contribution in [2.45, 2.75) is 19.9 Å². The molecule has 1 atom stereocenters. The van der Waals surface area contributed by atoms with Crippen LogP contribution in [-0.2, 0) is 9.59 Å². The van der Waals surface area contributed by atoms with Gasteiger partial charge < -0.3 is 5.32 Å². The summed E-state index contributed by atoms with van der Waals surface area (Å²) in [6, 6.07) is 6.77. The van der Waals surface area contributed by atoms with Gasteiger partial charge in [0.2, 0.25) is 5.91 Å². The third-order valence-corrected chi connectivity index (χ3v) is 3.37. The lowest BCUT2D eigenvalue weighted by molar-refractivity contribution is -0.131. The van der Waals surface area contributed by atoms with Crippen LogP contribution < -0.4 is 15.5 Å². The second-order valence-electron chi connectivity index (χ2n) is 5.00. The Hall–Kier alpha value is -2.90. The van der Waals surface area contributed by atoms with Crippen molar-refractivity contribution in [2.75, 3.05) is 18.0 Å². The van der Waals surface area contributed by atoms with E-state index in [9.17, 15) is 19.2 Å². The molecule has 1 saturated heterocycles. The molecule has 0 spiro atoms. The molecule has 1 aliphatic heterocycles. The molecule has 122 valence electrons. The van der Waals surface area contributed by atoms with Crippen molar-refractivity contribution in [3.05, 3.63) is 30.3 Å². The van der Waals surface area contributed by atoms with Gasteiger partial charge in [0.15, 0.2) is 0 Å². The number of rotatable bonds is 4. The van der Waals surface area contributed by atoms with Crippen LogP contribution in [0.5, 0.6) is 0 Å². The number of urea groups is 2. The summed E-state index contributed by atoms with van der Waals surface area (Å²) >= 11 is 0. The van der Waals surface area contributed by atoms with E-state index in [4.69, 9.17) is 0 Å². The van der Waals surface area contributed by atoms with Gasteiger partial charge in [0.1, 0.15) is 12.6 Å². The second-order valence-corrected chi connectivity index (χ2v) is 5.00. The van der Waals surface area contributed by atoms with E-state index in [0.717, 1.165) is 4.90 Å². The van der Waals surface area contributed by atoms with E-state index >= 15 is 0 Å². The molecular weight excluding hydrogens is 300 g/mol. The molecule has 0 aromatic heterocycles. The molecule has 6 amide bonds. The van der Waals surface area contributed by atoms with Gasteiger partial charge in [-0.25, -0.2) is 9.59 Å². The lowest BCUT2D eigenvalue weighted by Gasteiger charge is -2.19. The fourth-order valence-electron chi connectivity index (χ4n) is 2.31. The molecule has 8 heteroatoms. The molecule has 1 aromatic rings. The first-order chi connectivity index (χ1) is 11.0. The number of carbonyl (C=O) groups excluding carboxylic acids is 4. The molecule has 0 radical (unpaired) electrons. The van der Waals surface area contributed by atoms with Crippen molar-refractivity contribution in [1.29, 1.82) is 0 Å². The molecule has 1 aliphatic rings. The highest BCUT2D eigenvalue weighted by Crippen LogP contribution is 2.25. The summed E-state index contributed by atoms with van der Waals surface area (Å²) in [5.41, 5.74) is 0.574. The van der Waals surface area contributed by atoms with E-state index in [2.05, 4.69) is 10.6 Å². The van der Waals surface area contributed by atoms with E-state index in [1.807, 2.05) is 0 Å². The molecule has 1 aromatic carbocycles. The van der Waals surface area contributed by atoms with Gasteiger partial charge in [-0.05, 0) is 26.0 Å². The first-order valence-corrected chi connectivity index (χ1v) is 7.23. The van der Waals surface area contributed by atoms with Gasteiger partial charge in [-0.15, -0.1) is 0 Å². The van der Waals surface area contributed by atoms with Gasteiger partial charge >= 0.3 is 12.1 Å². The van der Waals surface area contributed by atoms with Crippen LogP contribution in [0.1, 0.15) is 13.8 Å². The first-order valence-electron chi connectivity index (χ1n) is 7.23. The molecular formula is C15H18N4O4. The Balaban J connectivity index is 2.09. The third-order valence-electron chi connectivity index (χ3n) is 3.37. The van der Waals surface area contributed by atoms with Crippen LogP contribution in [0, 0.1) is 0 Å². The zero-order chi connectivity index (χ0) is 17.0. The van der Waals surface area contributed by atoms with Crippen LogP contribution in [0.2, 0.25) is 0 Å². The lowest BCUT2D eigenvalue weighted by atomic mass is 10.2. The topological polar surface area (TPSA) is 98.8 Å². The van der Waals surface area contributed by atoms with Gasteiger partial charge in [-0.3, -0.25) is 24.7 Å². The van der Waals surface area contributed by atoms with Crippen molar-refractivity contribution < 1.29 is 19.2 Å². The molecule has 2 N–H and O–H groups in total. The Morgan fingerprint density at radius 2 is 1.83 bits per heavy atom. The highest BCUT2D eigenvalue weighted by atomic mass is 16.2. The van der Waals surface area contributed by atoms with E-state index in [1.165, 1.54) is 4.90 Å². The first kappa shape index (κ1) is 16.5. The number of imide groups is 2. The van der Waals surface area contributed by atoms with Crippen LogP contribution in [0.4, 0.5) is 15.3 Å². The van der Waals surface area contributed by atoms with Crippen molar-refractivity contribution in [1.82, 2.24) is 15.5 Å². The minimum Gasteiger partial charge on any atom is -0.338 e. The number of nitrogens with one attached hydrogen (secondary N) is 2. The molecule has 0 unspecified atom stereocenters. The normalized spacial score (nSPS) is 17.4. The van der Waals surface area contributed by atoms with Crippen molar-refractivity contribution in [2.24, 2.45) is 0 Å². The standard InChI is InChI=1S/C15H18N4O4/c1-3-16-14(22)17-12(20)9-18-13(21)10(2)19(15(18)23)11-7-5-4-6-8-11/h4-8,10H,3,9H2,1-2H3,(H2,16,17,20,22)/t10-/m1/s1. The van der Waals surface area contributed by atoms with Crippen molar-refractivity contribution in [3.8, 4) is 0 Å². The molecule has 0 bridgehead atoms. The second kappa shape index (κ2) is 6.91. The monoisotopic (exact) mass is 318 g/mol.